The van der Waals surface area contributed by atoms with Crippen LogP contribution in [0.15, 0.2) is 96.0 Å². The first-order chi connectivity index (χ1) is 14.8. The van der Waals surface area contributed by atoms with Crippen LogP contribution in [0.2, 0.25) is 0 Å². The van der Waals surface area contributed by atoms with Crippen molar-refractivity contribution in [2.24, 2.45) is 4.99 Å². The van der Waals surface area contributed by atoms with Crippen LogP contribution in [-0.2, 0) is 11.3 Å². The van der Waals surface area contributed by atoms with E-state index in [1.165, 1.54) is 0 Å². The third kappa shape index (κ3) is 4.20. The fraction of sp³-hybridized carbons (Fsp3) is 0.200. The van der Waals surface area contributed by atoms with Gasteiger partial charge in [-0.05, 0) is 23.6 Å². The Morgan fingerprint density at radius 3 is 2.07 bits per heavy atom. The fourth-order valence-electron chi connectivity index (χ4n) is 3.75. The van der Waals surface area contributed by atoms with E-state index in [9.17, 15) is 4.79 Å². The molecule has 1 N–H and O–H groups in total. The van der Waals surface area contributed by atoms with Crippen molar-refractivity contribution in [1.82, 2.24) is 10.2 Å². The van der Waals surface area contributed by atoms with E-state index in [0.717, 1.165) is 16.7 Å². The summed E-state index contributed by atoms with van der Waals surface area (Å²) in [6.07, 6.45) is -0.411. The highest BCUT2D eigenvalue weighted by Gasteiger charge is 2.44. The van der Waals surface area contributed by atoms with Crippen LogP contribution in [0.1, 0.15) is 35.7 Å². The number of rotatable bonds is 5. The predicted octanol–water partition coefficient (Wildman–Crippen LogP) is 5.09. The molecule has 0 bridgehead atoms. The monoisotopic (exact) mass is 399 g/mol. The number of guanidine groups is 1. The summed E-state index contributed by atoms with van der Waals surface area (Å²) < 4.78 is 5.69. The smallest absolute Gasteiger partial charge is 0.417 e. The molecule has 2 atom stereocenters. The molecule has 3 aromatic carbocycles. The van der Waals surface area contributed by atoms with E-state index in [-0.39, 0.29) is 18.7 Å². The van der Waals surface area contributed by atoms with E-state index in [1.807, 2.05) is 85.8 Å². The highest BCUT2D eigenvalue weighted by molar-refractivity contribution is 5.97. The van der Waals surface area contributed by atoms with Gasteiger partial charge in [-0.3, -0.25) is 4.99 Å². The lowest BCUT2D eigenvalue weighted by molar-refractivity contribution is 0.107. The van der Waals surface area contributed by atoms with Crippen LogP contribution in [0.25, 0.3) is 0 Å². The predicted molar refractivity (Wildman–Crippen MR) is 118 cm³/mol. The van der Waals surface area contributed by atoms with Crippen molar-refractivity contribution >= 4 is 12.1 Å². The molecule has 0 saturated carbocycles. The van der Waals surface area contributed by atoms with Crippen LogP contribution >= 0.6 is 0 Å². The summed E-state index contributed by atoms with van der Waals surface area (Å²) in [6, 6.07) is 29.5. The zero-order valence-corrected chi connectivity index (χ0v) is 16.9. The number of ether oxygens (including phenoxy) is 1. The van der Waals surface area contributed by atoms with Crippen molar-refractivity contribution in [3.05, 3.63) is 108 Å². The Bertz CT molecular complexity index is 991. The Morgan fingerprint density at radius 2 is 1.47 bits per heavy atom. The minimum Gasteiger partial charge on any atom is -0.444 e. The van der Waals surface area contributed by atoms with Gasteiger partial charge < -0.3 is 10.1 Å². The molecule has 1 aliphatic heterocycles. The number of amides is 1. The third-order valence-electron chi connectivity index (χ3n) is 5.12. The quantitative estimate of drug-likeness (QED) is 0.650. The zero-order valence-electron chi connectivity index (χ0n) is 16.9. The number of carbonyl (C=O) groups excluding carboxylic acids is 1. The van der Waals surface area contributed by atoms with Gasteiger partial charge in [-0.2, -0.15) is 0 Å². The molecule has 0 radical (unpaired) electrons. The third-order valence-corrected chi connectivity index (χ3v) is 5.12. The second-order valence-electron chi connectivity index (χ2n) is 7.10. The van der Waals surface area contributed by atoms with Gasteiger partial charge in [0.25, 0.3) is 0 Å². The van der Waals surface area contributed by atoms with Gasteiger partial charge in [-0.25, -0.2) is 9.69 Å². The van der Waals surface area contributed by atoms with Crippen LogP contribution in [0.4, 0.5) is 4.79 Å². The molecule has 30 heavy (non-hydrogen) atoms. The Morgan fingerprint density at radius 1 is 0.900 bits per heavy atom. The molecule has 0 spiro atoms. The SMILES string of the molecule is CCN=C1N[C@@H](c2ccccc2)[C@H](c2ccccc2)N1C(=O)OCc1ccccc1. The van der Waals surface area contributed by atoms with Gasteiger partial charge in [0.2, 0.25) is 5.96 Å². The van der Waals surface area contributed by atoms with Crippen molar-refractivity contribution in [3.63, 3.8) is 0 Å². The molecule has 152 valence electrons. The lowest BCUT2D eigenvalue weighted by Gasteiger charge is -2.26. The van der Waals surface area contributed by atoms with Crippen molar-refractivity contribution in [2.45, 2.75) is 25.6 Å². The molecular weight excluding hydrogens is 374 g/mol. The van der Waals surface area contributed by atoms with E-state index in [1.54, 1.807) is 4.90 Å². The molecule has 1 amide bonds. The number of aliphatic imine (C=N–C) groups is 1. The van der Waals surface area contributed by atoms with Crippen molar-refractivity contribution in [3.8, 4) is 0 Å². The van der Waals surface area contributed by atoms with Crippen LogP contribution in [0.5, 0.6) is 0 Å². The Hall–Kier alpha value is -3.60. The van der Waals surface area contributed by atoms with Crippen molar-refractivity contribution in [1.29, 1.82) is 0 Å². The van der Waals surface area contributed by atoms with Crippen molar-refractivity contribution < 1.29 is 9.53 Å². The molecular formula is C25H25N3O2. The van der Waals surface area contributed by atoms with Gasteiger partial charge in [0.05, 0.1) is 12.1 Å². The van der Waals surface area contributed by atoms with E-state index in [2.05, 4.69) is 22.4 Å². The molecule has 5 heteroatoms. The summed E-state index contributed by atoms with van der Waals surface area (Å²) in [7, 11) is 0. The van der Waals surface area contributed by atoms with Gasteiger partial charge in [0.15, 0.2) is 0 Å². The second kappa shape index (κ2) is 9.27. The van der Waals surface area contributed by atoms with Crippen LogP contribution in [-0.4, -0.2) is 23.5 Å². The van der Waals surface area contributed by atoms with Crippen LogP contribution < -0.4 is 5.32 Å². The Kier molecular flexibility index (Phi) is 6.09. The van der Waals surface area contributed by atoms with E-state index in [4.69, 9.17) is 4.74 Å². The van der Waals surface area contributed by atoms with Gasteiger partial charge in [-0.15, -0.1) is 0 Å². The van der Waals surface area contributed by atoms with Gasteiger partial charge in [0.1, 0.15) is 6.61 Å². The number of benzene rings is 3. The summed E-state index contributed by atoms with van der Waals surface area (Å²) >= 11 is 0. The lowest BCUT2D eigenvalue weighted by Crippen LogP contribution is -2.37. The highest BCUT2D eigenvalue weighted by Crippen LogP contribution is 2.39. The Balaban J connectivity index is 1.68. The number of carbonyl (C=O) groups is 1. The summed E-state index contributed by atoms with van der Waals surface area (Å²) in [5.41, 5.74) is 3.06. The molecule has 0 aliphatic carbocycles. The van der Waals surface area contributed by atoms with E-state index in [0.29, 0.717) is 12.5 Å². The molecule has 0 unspecified atom stereocenters. The van der Waals surface area contributed by atoms with Gasteiger partial charge in [-0.1, -0.05) is 91.0 Å². The average Bonchev–Trinajstić information content (AvgIpc) is 3.19. The molecule has 1 aliphatic rings. The summed E-state index contributed by atoms with van der Waals surface area (Å²) in [4.78, 5) is 19.5. The summed E-state index contributed by atoms with van der Waals surface area (Å²) in [5, 5.41) is 3.46. The molecule has 1 heterocycles. The normalized spacial score (nSPS) is 19.5. The maximum atomic E-state index is 13.2. The van der Waals surface area contributed by atoms with Crippen LogP contribution in [0.3, 0.4) is 0 Å². The minimum atomic E-state index is -0.411. The molecule has 4 rings (SSSR count). The summed E-state index contributed by atoms with van der Waals surface area (Å²) in [5.74, 6) is 0.540. The topological polar surface area (TPSA) is 53.9 Å². The second-order valence-corrected chi connectivity index (χ2v) is 7.10. The summed E-state index contributed by atoms with van der Waals surface area (Å²) in [6.45, 7) is 2.73. The number of hydrogen-bond donors (Lipinski definition) is 1. The average molecular weight is 399 g/mol. The molecule has 5 nitrogen and oxygen atoms in total. The van der Waals surface area contributed by atoms with Gasteiger partial charge in [0, 0.05) is 6.54 Å². The standard InChI is InChI=1S/C25H25N3O2/c1-2-26-24-27-22(20-14-8-4-9-15-20)23(21-16-10-5-11-17-21)28(24)25(29)30-18-19-12-6-3-7-13-19/h3-17,22-23H,2,18H2,1H3,(H,26,27)/t22-,23-/m0/s1. The maximum absolute atomic E-state index is 13.2. The Labute approximate surface area is 177 Å². The van der Waals surface area contributed by atoms with E-state index < -0.39 is 6.09 Å². The lowest BCUT2D eigenvalue weighted by atomic mass is 9.94. The largest absolute Gasteiger partial charge is 0.444 e. The highest BCUT2D eigenvalue weighted by atomic mass is 16.6. The van der Waals surface area contributed by atoms with Crippen molar-refractivity contribution in [2.75, 3.05) is 6.54 Å². The maximum Gasteiger partial charge on any atom is 0.417 e. The first-order valence-electron chi connectivity index (χ1n) is 10.2. The number of nitrogens with one attached hydrogen (secondary N) is 1. The zero-order chi connectivity index (χ0) is 20.8. The fourth-order valence-corrected chi connectivity index (χ4v) is 3.75. The molecule has 3 aromatic rings. The molecule has 1 fully saturated rings. The number of nitrogens with zero attached hydrogens (tertiary/aromatic N) is 2. The van der Waals surface area contributed by atoms with Crippen LogP contribution in [0, 0.1) is 0 Å². The first kappa shape index (κ1) is 19.7. The molecule has 1 saturated heterocycles. The van der Waals surface area contributed by atoms with Gasteiger partial charge >= 0.3 is 6.09 Å². The van der Waals surface area contributed by atoms with E-state index >= 15 is 0 Å². The number of hydrogen-bond acceptors (Lipinski definition) is 3. The molecule has 0 aromatic heterocycles. The first-order valence-corrected chi connectivity index (χ1v) is 10.2. The minimum absolute atomic E-state index is 0.122.